The summed E-state index contributed by atoms with van der Waals surface area (Å²) in [6, 6.07) is 3.04. The van der Waals surface area contributed by atoms with Crippen LogP contribution in [0.1, 0.15) is 10.5 Å². The second-order valence-electron chi connectivity index (χ2n) is 4.79. The van der Waals surface area contributed by atoms with Crippen LogP contribution in [0.2, 0.25) is 0 Å². The second kappa shape index (κ2) is 5.14. The van der Waals surface area contributed by atoms with Gasteiger partial charge in [-0.2, -0.15) is 0 Å². The van der Waals surface area contributed by atoms with Gasteiger partial charge in [-0.3, -0.25) is 4.79 Å². The number of nitrogens with one attached hydrogen (secondary N) is 1. The molecule has 0 saturated carbocycles. The predicted octanol–water partition coefficient (Wildman–Crippen LogP) is 1.80. The van der Waals surface area contributed by atoms with Crippen LogP contribution in [0.4, 0.5) is 4.39 Å². The van der Waals surface area contributed by atoms with Gasteiger partial charge < -0.3 is 14.6 Å². The van der Waals surface area contributed by atoms with Crippen molar-refractivity contribution in [3.63, 3.8) is 0 Å². The van der Waals surface area contributed by atoms with Crippen molar-refractivity contribution in [3.05, 3.63) is 28.5 Å². The van der Waals surface area contributed by atoms with Crippen molar-refractivity contribution in [2.45, 2.75) is 12.2 Å². The van der Waals surface area contributed by atoms with Crippen LogP contribution in [-0.4, -0.2) is 40.9 Å². The van der Waals surface area contributed by atoms with Crippen LogP contribution in [0, 0.1) is 0 Å². The zero-order valence-electron chi connectivity index (χ0n) is 10.8. The summed E-state index contributed by atoms with van der Waals surface area (Å²) < 4.78 is 21.0. The molecule has 1 amide bonds. The summed E-state index contributed by atoms with van der Waals surface area (Å²) in [5, 5.41) is 3.52. The SMILES string of the molecule is Cn1c(C(=O)N[C@@H]2COC[C@@H]2F)cc2cc(Br)cnc21. The molecule has 1 aliphatic rings. The Kier molecular flexibility index (Phi) is 3.47. The number of rotatable bonds is 2. The van der Waals surface area contributed by atoms with E-state index in [2.05, 4.69) is 26.2 Å². The number of aromatic nitrogens is 2. The summed E-state index contributed by atoms with van der Waals surface area (Å²) in [7, 11) is 1.76. The molecule has 1 fully saturated rings. The van der Waals surface area contributed by atoms with Crippen LogP contribution >= 0.6 is 15.9 Å². The van der Waals surface area contributed by atoms with E-state index in [9.17, 15) is 9.18 Å². The highest BCUT2D eigenvalue weighted by atomic mass is 79.9. The molecule has 0 unspecified atom stereocenters. The molecule has 2 aromatic rings. The Bertz CT molecular complexity index is 673. The maximum atomic E-state index is 13.5. The number of hydrogen-bond donors (Lipinski definition) is 1. The third-order valence-corrected chi connectivity index (χ3v) is 3.83. The fourth-order valence-electron chi connectivity index (χ4n) is 2.31. The fraction of sp³-hybridized carbons (Fsp3) is 0.385. The maximum Gasteiger partial charge on any atom is 0.268 e. The molecule has 3 heterocycles. The molecule has 20 heavy (non-hydrogen) atoms. The first-order valence-electron chi connectivity index (χ1n) is 6.20. The van der Waals surface area contributed by atoms with Gasteiger partial charge in [0.25, 0.3) is 5.91 Å². The molecule has 7 heteroatoms. The van der Waals surface area contributed by atoms with Gasteiger partial charge in [-0.15, -0.1) is 0 Å². The van der Waals surface area contributed by atoms with Crippen LogP contribution in [0.15, 0.2) is 22.8 Å². The number of halogens is 2. The van der Waals surface area contributed by atoms with Crippen molar-refractivity contribution in [1.82, 2.24) is 14.9 Å². The van der Waals surface area contributed by atoms with E-state index in [1.807, 2.05) is 6.07 Å². The minimum Gasteiger partial charge on any atom is -0.376 e. The van der Waals surface area contributed by atoms with Gasteiger partial charge in [0.2, 0.25) is 0 Å². The Morgan fingerprint density at radius 1 is 1.55 bits per heavy atom. The molecule has 1 aliphatic heterocycles. The summed E-state index contributed by atoms with van der Waals surface area (Å²) in [6.45, 7) is 0.245. The lowest BCUT2D eigenvalue weighted by Crippen LogP contribution is -2.41. The minimum atomic E-state index is -1.15. The molecule has 0 aliphatic carbocycles. The molecule has 1 saturated heterocycles. The molecule has 2 aromatic heterocycles. The van der Waals surface area contributed by atoms with Crippen LogP contribution in [0.25, 0.3) is 11.0 Å². The first kappa shape index (κ1) is 13.5. The molecule has 0 bridgehead atoms. The lowest BCUT2D eigenvalue weighted by molar-refractivity contribution is 0.0912. The predicted molar refractivity (Wildman–Crippen MR) is 75.4 cm³/mol. The summed E-state index contributed by atoms with van der Waals surface area (Å²) >= 11 is 3.34. The van der Waals surface area contributed by atoms with Gasteiger partial charge in [0, 0.05) is 23.1 Å². The van der Waals surface area contributed by atoms with Gasteiger partial charge in [-0.25, -0.2) is 9.37 Å². The smallest absolute Gasteiger partial charge is 0.268 e. The number of carbonyl (C=O) groups excluding carboxylic acids is 1. The van der Waals surface area contributed by atoms with Gasteiger partial charge in [-0.1, -0.05) is 0 Å². The van der Waals surface area contributed by atoms with Crippen molar-refractivity contribution in [2.75, 3.05) is 13.2 Å². The van der Waals surface area contributed by atoms with Crippen molar-refractivity contribution >= 4 is 32.9 Å². The van der Waals surface area contributed by atoms with Crippen LogP contribution in [-0.2, 0) is 11.8 Å². The lowest BCUT2D eigenvalue weighted by Gasteiger charge is -2.13. The molecule has 0 aromatic carbocycles. The Balaban J connectivity index is 1.89. The van der Waals surface area contributed by atoms with Crippen LogP contribution in [0.5, 0.6) is 0 Å². The van der Waals surface area contributed by atoms with Crippen LogP contribution < -0.4 is 5.32 Å². The monoisotopic (exact) mass is 341 g/mol. The number of alkyl halides is 1. The molecule has 0 spiro atoms. The average Bonchev–Trinajstić information content (AvgIpc) is 2.94. The van der Waals surface area contributed by atoms with Gasteiger partial charge in [0.15, 0.2) is 0 Å². The summed E-state index contributed by atoms with van der Waals surface area (Å²) in [4.78, 5) is 16.5. The van der Waals surface area contributed by atoms with E-state index >= 15 is 0 Å². The average molecular weight is 342 g/mol. The van der Waals surface area contributed by atoms with Crippen LogP contribution in [0.3, 0.4) is 0 Å². The zero-order chi connectivity index (χ0) is 14.3. The van der Waals surface area contributed by atoms with Gasteiger partial charge >= 0.3 is 0 Å². The van der Waals surface area contributed by atoms with Crippen molar-refractivity contribution in [2.24, 2.45) is 7.05 Å². The molecular weight excluding hydrogens is 329 g/mol. The number of hydrogen-bond acceptors (Lipinski definition) is 3. The van der Waals surface area contributed by atoms with E-state index in [1.54, 1.807) is 23.9 Å². The maximum absolute atomic E-state index is 13.5. The lowest BCUT2D eigenvalue weighted by atomic mass is 10.2. The number of nitrogens with zero attached hydrogens (tertiary/aromatic N) is 2. The van der Waals surface area contributed by atoms with Gasteiger partial charge in [0.1, 0.15) is 17.5 Å². The topological polar surface area (TPSA) is 56.2 Å². The molecule has 5 nitrogen and oxygen atoms in total. The van der Waals surface area contributed by atoms with E-state index in [4.69, 9.17) is 4.74 Å². The van der Waals surface area contributed by atoms with E-state index in [0.717, 1.165) is 9.86 Å². The number of aryl methyl sites for hydroxylation is 1. The third kappa shape index (κ3) is 2.31. The van der Waals surface area contributed by atoms with E-state index in [0.29, 0.717) is 11.3 Å². The molecule has 3 rings (SSSR count). The Labute approximate surface area is 123 Å². The third-order valence-electron chi connectivity index (χ3n) is 3.39. The highest BCUT2D eigenvalue weighted by Gasteiger charge is 2.30. The molecule has 0 radical (unpaired) electrons. The second-order valence-corrected chi connectivity index (χ2v) is 5.70. The summed E-state index contributed by atoms with van der Waals surface area (Å²) in [5.41, 5.74) is 1.16. The summed E-state index contributed by atoms with van der Waals surface area (Å²) in [5.74, 6) is -0.320. The first-order chi connectivity index (χ1) is 9.56. The number of ether oxygens (including phenoxy) is 1. The number of fused-ring (bicyclic) bond motifs is 1. The van der Waals surface area contributed by atoms with E-state index in [-0.39, 0.29) is 19.1 Å². The zero-order valence-corrected chi connectivity index (χ0v) is 12.4. The first-order valence-corrected chi connectivity index (χ1v) is 6.99. The molecule has 1 N–H and O–H groups in total. The van der Waals surface area contributed by atoms with Crippen molar-refractivity contribution < 1.29 is 13.9 Å². The van der Waals surface area contributed by atoms with E-state index in [1.165, 1.54) is 0 Å². The number of pyridine rings is 1. The molecule has 106 valence electrons. The quantitative estimate of drug-likeness (QED) is 0.906. The molecular formula is C13H13BrFN3O2. The summed E-state index contributed by atoms with van der Waals surface area (Å²) in [6.07, 6.45) is 0.521. The number of carbonyl (C=O) groups is 1. The van der Waals surface area contributed by atoms with Gasteiger partial charge in [0.05, 0.1) is 19.3 Å². The highest BCUT2D eigenvalue weighted by Crippen LogP contribution is 2.21. The van der Waals surface area contributed by atoms with Crippen molar-refractivity contribution in [1.29, 1.82) is 0 Å². The Morgan fingerprint density at radius 2 is 2.35 bits per heavy atom. The number of amides is 1. The Hall–Kier alpha value is -1.47. The standard InChI is InChI=1S/C13H13BrFN3O2/c1-18-11(3-7-2-8(14)4-16-12(7)18)13(19)17-10-6-20-5-9(10)15/h2-4,9-10H,5-6H2,1H3,(H,17,19)/t9-,10+/m0/s1. The highest BCUT2D eigenvalue weighted by molar-refractivity contribution is 9.10. The Morgan fingerprint density at radius 3 is 3.05 bits per heavy atom. The van der Waals surface area contributed by atoms with E-state index < -0.39 is 12.2 Å². The van der Waals surface area contributed by atoms with Crippen molar-refractivity contribution in [3.8, 4) is 0 Å². The molecule has 2 atom stereocenters. The largest absolute Gasteiger partial charge is 0.376 e. The normalized spacial score (nSPS) is 22.4. The fourth-order valence-corrected chi connectivity index (χ4v) is 2.66. The van der Waals surface area contributed by atoms with Gasteiger partial charge in [-0.05, 0) is 28.1 Å². The minimum absolute atomic E-state index is 0.0363.